The summed E-state index contributed by atoms with van der Waals surface area (Å²) < 4.78 is 15.5. The van der Waals surface area contributed by atoms with Crippen molar-refractivity contribution in [2.24, 2.45) is 23.7 Å². The van der Waals surface area contributed by atoms with E-state index in [-0.39, 0.29) is 24.7 Å². The second kappa shape index (κ2) is 18.6. The lowest BCUT2D eigenvalue weighted by molar-refractivity contribution is -0.156. The van der Waals surface area contributed by atoms with E-state index >= 15 is 0 Å². The fourth-order valence-corrected chi connectivity index (χ4v) is 8.89. The number of carboxylic acids is 1. The number of hydrogen-bond acceptors (Lipinski definition) is 9. The zero-order valence-corrected chi connectivity index (χ0v) is 36.6. The van der Waals surface area contributed by atoms with Gasteiger partial charge in [-0.15, -0.1) is 27.0 Å². The SMILES string of the molecule is C=CCC(CC(=O)OC(C)(C)C)c1nnc(C2CC(CC(C)C)C2)n1C1CC1.CC(C)CC1CC(c2nnc(C(CC(=O)O)CC(=O)OC(C)(C)C)n2C2CC2)C1. The van der Waals surface area contributed by atoms with Gasteiger partial charge in [-0.25, -0.2) is 0 Å². The number of esters is 2. The Morgan fingerprint density at radius 1 is 0.684 bits per heavy atom. The highest BCUT2D eigenvalue weighted by Crippen LogP contribution is 2.49. The van der Waals surface area contributed by atoms with E-state index in [2.05, 4.69) is 63.8 Å². The average molecular weight is 793 g/mol. The molecule has 0 spiro atoms. The monoisotopic (exact) mass is 793 g/mol. The summed E-state index contributed by atoms with van der Waals surface area (Å²) in [6, 6.07) is 0.851. The molecule has 2 atom stereocenters. The first kappa shape index (κ1) is 44.5. The fourth-order valence-electron chi connectivity index (χ4n) is 8.89. The van der Waals surface area contributed by atoms with Gasteiger partial charge >= 0.3 is 17.9 Å². The first-order valence-electron chi connectivity index (χ1n) is 21.9. The Kier molecular flexibility index (Phi) is 14.5. The number of ether oxygens (including phenoxy) is 2. The summed E-state index contributed by atoms with van der Waals surface area (Å²) in [6.07, 6.45) is 14.5. The van der Waals surface area contributed by atoms with Crippen molar-refractivity contribution in [2.45, 2.75) is 206 Å². The third-order valence-corrected chi connectivity index (χ3v) is 11.4. The van der Waals surface area contributed by atoms with Crippen molar-refractivity contribution in [3.63, 3.8) is 0 Å². The van der Waals surface area contributed by atoms with E-state index in [0.29, 0.717) is 48.5 Å². The van der Waals surface area contributed by atoms with E-state index in [4.69, 9.17) is 9.47 Å². The third kappa shape index (κ3) is 13.0. The molecule has 4 aliphatic rings. The summed E-state index contributed by atoms with van der Waals surface area (Å²) >= 11 is 0. The summed E-state index contributed by atoms with van der Waals surface area (Å²) in [5.74, 6) is 5.64. The van der Waals surface area contributed by atoms with Gasteiger partial charge in [-0.2, -0.15) is 0 Å². The molecule has 318 valence electrons. The van der Waals surface area contributed by atoms with Crippen molar-refractivity contribution < 1.29 is 29.0 Å². The number of aromatic nitrogens is 6. The maximum absolute atomic E-state index is 12.5. The first-order chi connectivity index (χ1) is 26.7. The van der Waals surface area contributed by atoms with Crippen LogP contribution in [0.5, 0.6) is 0 Å². The number of carboxylic acid groups (broad SMARTS) is 1. The van der Waals surface area contributed by atoms with E-state index in [9.17, 15) is 19.5 Å². The molecule has 0 saturated heterocycles. The first-order valence-corrected chi connectivity index (χ1v) is 21.9. The summed E-state index contributed by atoms with van der Waals surface area (Å²) in [4.78, 5) is 36.3. The lowest BCUT2D eigenvalue weighted by Gasteiger charge is -2.36. The summed E-state index contributed by atoms with van der Waals surface area (Å²) in [5.41, 5.74) is -1.07. The maximum atomic E-state index is 12.5. The van der Waals surface area contributed by atoms with Crippen molar-refractivity contribution in [2.75, 3.05) is 0 Å². The van der Waals surface area contributed by atoms with Crippen molar-refractivity contribution in [3.8, 4) is 0 Å². The number of carbonyl (C=O) groups excluding carboxylic acids is 2. The van der Waals surface area contributed by atoms with Crippen LogP contribution in [0.25, 0.3) is 0 Å². The topological polar surface area (TPSA) is 151 Å². The summed E-state index contributed by atoms with van der Waals surface area (Å²) in [5, 5.41) is 27.5. The van der Waals surface area contributed by atoms with E-state index in [1.54, 1.807) is 0 Å². The van der Waals surface area contributed by atoms with E-state index < -0.39 is 29.1 Å². The van der Waals surface area contributed by atoms with Crippen LogP contribution in [0.4, 0.5) is 0 Å². The summed E-state index contributed by atoms with van der Waals surface area (Å²) in [6.45, 7) is 24.2. The highest BCUT2D eigenvalue weighted by atomic mass is 16.6. The molecule has 1 N–H and O–H groups in total. The van der Waals surface area contributed by atoms with Crippen LogP contribution in [0.3, 0.4) is 0 Å². The van der Waals surface area contributed by atoms with Crippen LogP contribution < -0.4 is 0 Å². The highest BCUT2D eigenvalue weighted by Gasteiger charge is 2.42. The van der Waals surface area contributed by atoms with Crippen LogP contribution in [-0.4, -0.2) is 63.7 Å². The third-order valence-electron chi connectivity index (χ3n) is 11.4. The minimum Gasteiger partial charge on any atom is -0.481 e. The van der Waals surface area contributed by atoms with E-state index in [0.717, 1.165) is 60.9 Å². The number of carbonyl (C=O) groups is 3. The number of aliphatic carboxylic acids is 1. The van der Waals surface area contributed by atoms with Crippen LogP contribution in [0, 0.1) is 23.7 Å². The molecular formula is C45H72N6O6. The van der Waals surface area contributed by atoms with Gasteiger partial charge in [-0.1, -0.05) is 33.8 Å². The molecule has 0 radical (unpaired) electrons. The van der Waals surface area contributed by atoms with Crippen LogP contribution >= 0.6 is 0 Å². The molecule has 12 nitrogen and oxygen atoms in total. The molecule has 2 aromatic heterocycles. The van der Waals surface area contributed by atoms with Gasteiger partial charge in [0.15, 0.2) is 0 Å². The van der Waals surface area contributed by atoms with Gasteiger partial charge in [0.05, 0.1) is 19.3 Å². The van der Waals surface area contributed by atoms with Gasteiger partial charge in [0, 0.05) is 35.8 Å². The number of rotatable bonds is 18. The van der Waals surface area contributed by atoms with E-state index in [1.807, 2.05) is 47.6 Å². The molecule has 0 aliphatic heterocycles. The van der Waals surface area contributed by atoms with Gasteiger partial charge in [-0.3, -0.25) is 14.4 Å². The molecule has 4 saturated carbocycles. The van der Waals surface area contributed by atoms with Gasteiger partial charge in [0.2, 0.25) is 0 Å². The molecule has 0 aromatic carbocycles. The van der Waals surface area contributed by atoms with Gasteiger partial charge in [0.1, 0.15) is 34.5 Å². The Hall–Kier alpha value is -3.57. The standard InChI is InChI=1S/C23H37N3O2.C22H35N3O4/c1-7-8-17(14-20(27)28-23(4,5)6)21-24-25-22(26(21)19-9-10-19)18-12-16(13-18)11-15(2)3;1-13(2)8-14-9-15(10-14)20-23-24-21(25(20)17-6-7-17)16(11-18(26)27)12-19(28)29-22(3,4)5/h7,15-19H,1,8-14H2,2-6H3;13-17H,6-12H2,1-5H3,(H,26,27). The molecule has 2 unspecified atom stereocenters. The van der Waals surface area contributed by atoms with Crippen molar-refractivity contribution in [3.05, 3.63) is 36.0 Å². The summed E-state index contributed by atoms with van der Waals surface area (Å²) in [7, 11) is 0. The Morgan fingerprint density at radius 2 is 1.07 bits per heavy atom. The molecule has 6 rings (SSSR count). The molecule has 12 heteroatoms. The second-order valence-corrected chi connectivity index (χ2v) is 20.5. The number of nitrogens with zero attached hydrogens (tertiary/aromatic N) is 6. The predicted octanol–water partition coefficient (Wildman–Crippen LogP) is 9.99. The minimum absolute atomic E-state index is 0.00899. The second-order valence-electron chi connectivity index (χ2n) is 20.5. The lowest BCUT2D eigenvalue weighted by atomic mass is 9.71. The highest BCUT2D eigenvalue weighted by molar-refractivity contribution is 5.73. The Labute approximate surface area is 341 Å². The zero-order chi connectivity index (χ0) is 41.8. The Morgan fingerprint density at radius 3 is 1.40 bits per heavy atom. The fraction of sp³-hybridized carbons (Fsp3) is 0.800. The molecule has 0 amide bonds. The zero-order valence-electron chi connectivity index (χ0n) is 36.6. The molecule has 2 heterocycles. The molecule has 4 fully saturated rings. The quantitative estimate of drug-likeness (QED) is 0.114. The average Bonchev–Trinajstić information content (AvgIpc) is 3.97. The molecule has 4 aliphatic carbocycles. The maximum Gasteiger partial charge on any atom is 0.307 e. The molecule has 0 bridgehead atoms. The van der Waals surface area contributed by atoms with Crippen LogP contribution in [0.2, 0.25) is 0 Å². The number of allylic oxidation sites excluding steroid dienone is 1. The minimum atomic E-state index is -0.939. The van der Waals surface area contributed by atoms with Gasteiger partial charge in [0.25, 0.3) is 0 Å². The predicted molar refractivity (Wildman–Crippen MR) is 220 cm³/mol. The largest absolute Gasteiger partial charge is 0.481 e. The Balaban J connectivity index is 0.000000218. The lowest BCUT2D eigenvalue weighted by Crippen LogP contribution is -2.27. The van der Waals surface area contributed by atoms with Crippen molar-refractivity contribution in [1.29, 1.82) is 0 Å². The molecule has 2 aromatic rings. The molecular weight excluding hydrogens is 721 g/mol. The van der Waals surface area contributed by atoms with Crippen LogP contribution in [-0.2, 0) is 23.9 Å². The van der Waals surface area contributed by atoms with Crippen LogP contribution in [0.1, 0.15) is 218 Å². The van der Waals surface area contributed by atoms with Gasteiger partial charge < -0.3 is 23.7 Å². The van der Waals surface area contributed by atoms with E-state index in [1.165, 1.54) is 38.5 Å². The van der Waals surface area contributed by atoms with Gasteiger partial charge in [-0.05, 0) is 136 Å². The van der Waals surface area contributed by atoms with Crippen LogP contribution in [0.15, 0.2) is 12.7 Å². The number of hydrogen-bond donors (Lipinski definition) is 1. The smallest absolute Gasteiger partial charge is 0.307 e. The van der Waals surface area contributed by atoms with Crippen molar-refractivity contribution in [1.82, 2.24) is 29.5 Å². The Bertz CT molecular complexity index is 1680. The molecule has 57 heavy (non-hydrogen) atoms. The normalized spacial score (nSPS) is 23.2. The van der Waals surface area contributed by atoms with Crippen molar-refractivity contribution >= 4 is 17.9 Å².